The zero-order valence-electron chi connectivity index (χ0n) is 21.7. The van der Waals surface area contributed by atoms with Gasteiger partial charge in [-0.2, -0.15) is 0 Å². The highest BCUT2D eigenvalue weighted by atomic mass is 16.7. The number of phenolic OH excluding ortho intramolecular Hbond substituents is 2. The molecule has 0 amide bonds. The van der Waals surface area contributed by atoms with Gasteiger partial charge in [-0.05, 0) is 24.3 Å². The van der Waals surface area contributed by atoms with Crippen LogP contribution in [-0.2, 0) is 9.47 Å². The minimum Gasteiger partial charge on any atom is -0.507 e. The lowest BCUT2D eigenvalue weighted by molar-refractivity contribution is -0.277. The molecule has 0 unspecified atom stereocenters. The van der Waals surface area contributed by atoms with E-state index in [2.05, 4.69) is 0 Å². The maximum absolute atomic E-state index is 13.0. The molecule has 5 rings (SSSR count). The second kappa shape index (κ2) is 11.7. The van der Waals surface area contributed by atoms with Crippen molar-refractivity contribution in [2.45, 2.75) is 61.2 Å². The molecule has 1 aromatic heterocycles. The summed E-state index contributed by atoms with van der Waals surface area (Å²) in [6.07, 6.45) is -15.4. The van der Waals surface area contributed by atoms with Crippen molar-refractivity contribution in [3.8, 4) is 28.6 Å². The van der Waals surface area contributed by atoms with Crippen molar-refractivity contribution in [3.05, 3.63) is 52.2 Å². The molecule has 10 N–H and O–H groups in total. The molecule has 0 aliphatic carbocycles. The summed E-state index contributed by atoms with van der Waals surface area (Å²) >= 11 is 0. The Kier molecular flexibility index (Phi) is 8.41. The quantitative estimate of drug-likeness (QED) is 0.142. The first kappa shape index (κ1) is 30.1. The molecule has 10 atom stereocenters. The molecule has 15 heteroatoms. The van der Waals surface area contributed by atoms with Crippen molar-refractivity contribution in [3.63, 3.8) is 0 Å². The lowest BCUT2D eigenvalue weighted by atomic mass is 9.90. The second-order valence-electron chi connectivity index (χ2n) is 10.1. The van der Waals surface area contributed by atoms with Crippen LogP contribution in [-0.4, -0.2) is 119 Å². The van der Waals surface area contributed by atoms with Crippen LogP contribution in [0.5, 0.6) is 17.2 Å². The number of phenols is 2. The molecule has 2 aromatic carbocycles. The molecule has 0 saturated carbocycles. The molecule has 2 aliphatic heterocycles. The average Bonchev–Trinajstić information content (AvgIpc) is 2.97. The van der Waals surface area contributed by atoms with E-state index in [9.17, 15) is 55.9 Å². The van der Waals surface area contributed by atoms with Crippen LogP contribution in [0.1, 0.15) is 11.7 Å². The molecule has 42 heavy (non-hydrogen) atoms. The molecule has 2 aliphatic rings. The zero-order valence-corrected chi connectivity index (χ0v) is 21.7. The summed E-state index contributed by atoms with van der Waals surface area (Å²) in [6, 6.07) is 7.21. The fraction of sp³-hybridized carbons (Fsp3) is 0.444. The number of hydrogen-bond donors (Lipinski definition) is 10. The van der Waals surface area contributed by atoms with Gasteiger partial charge in [0.1, 0.15) is 72.0 Å². The van der Waals surface area contributed by atoms with E-state index in [0.717, 1.165) is 12.1 Å². The van der Waals surface area contributed by atoms with E-state index >= 15 is 0 Å². The van der Waals surface area contributed by atoms with E-state index in [4.69, 9.17) is 18.6 Å². The number of aliphatic hydroxyl groups is 8. The monoisotopic (exact) mass is 594 g/mol. The van der Waals surface area contributed by atoms with Gasteiger partial charge in [-0.3, -0.25) is 4.79 Å². The fourth-order valence-electron chi connectivity index (χ4n) is 5.00. The minimum atomic E-state index is -1.71. The van der Waals surface area contributed by atoms with E-state index < -0.39 is 91.4 Å². The highest BCUT2D eigenvalue weighted by Crippen LogP contribution is 2.39. The predicted octanol–water partition coefficient (Wildman–Crippen LogP) is -2.44. The number of fused-ring (bicyclic) bond motifs is 1. The Labute approximate surface area is 236 Å². The number of aliphatic hydroxyl groups excluding tert-OH is 8. The number of aromatic hydroxyl groups is 2. The van der Waals surface area contributed by atoms with E-state index in [0.29, 0.717) is 0 Å². The third kappa shape index (κ3) is 5.31. The average molecular weight is 595 g/mol. The number of rotatable bonds is 6. The van der Waals surface area contributed by atoms with Gasteiger partial charge in [-0.1, -0.05) is 0 Å². The topological polar surface area (TPSA) is 260 Å². The van der Waals surface area contributed by atoms with Gasteiger partial charge in [0, 0.05) is 23.3 Å². The molecule has 3 aromatic rings. The zero-order chi connectivity index (χ0) is 30.5. The molecule has 2 saturated heterocycles. The normalized spacial score (nSPS) is 33.5. The van der Waals surface area contributed by atoms with Crippen LogP contribution in [0, 0.1) is 0 Å². The molecule has 3 heterocycles. The first-order chi connectivity index (χ1) is 19.9. The van der Waals surface area contributed by atoms with E-state index in [-0.39, 0.29) is 33.6 Å². The largest absolute Gasteiger partial charge is 0.507 e. The number of benzene rings is 2. The van der Waals surface area contributed by atoms with Gasteiger partial charge in [-0.25, -0.2) is 0 Å². The van der Waals surface area contributed by atoms with E-state index in [1.807, 2.05) is 0 Å². The van der Waals surface area contributed by atoms with Gasteiger partial charge in [0.2, 0.25) is 6.29 Å². The third-order valence-electron chi connectivity index (χ3n) is 7.41. The molecular weight excluding hydrogens is 564 g/mol. The van der Waals surface area contributed by atoms with Crippen LogP contribution in [0.2, 0.25) is 0 Å². The van der Waals surface area contributed by atoms with Crippen molar-refractivity contribution >= 4 is 11.0 Å². The summed E-state index contributed by atoms with van der Waals surface area (Å²) in [7, 11) is 0. The molecule has 15 nitrogen and oxygen atoms in total. The van der Waals surface area contributed by atoms with Crippen molar-refractivity contribution in [1.82, 2.24) is 0 Å². The minimum absolute atomic E-state index is 0.0258. The maximum atomic E-state index is 13.0. The van der Waals surface area contributed by atoms with Gasteiger partial charge in [0.25, 0.3) is 0 Å². The molecule has 0 spiro atoms. The Morgan fingerprint density at radius 3 is 2.00 bits per heavy atom. The van der Waals surface area contributed by atoms with Gasteiger partial charge in [-0.15, -0.1) is 0 Å². The molecule has 0 bridgehead atoms. The van der Waals surface area contributed by atoms with Crippen LogP contribution in [0.4, 0.5) is 0 Å². The lowest BCUT2D eigenvalue weighted by Gasteiger charge is -2.40. The highest BCUT2D eigenvalue weighted by molar-refractivity contribution is 5.81. The predicted molar refractivity (Wildman–Crippen MR) is 138 cm³/mol. The molecule has 2 fully saturated rings. The summed E-state index contributed by atoms with van der Waals surface area (Å²) in [5.41, 5.74) is -0.556. The summed E-state index contributed by atoms with van der Waals surface area (Å²) in [6.45, 7) is -1.35. The Morgan fingerprint density at radius 2 is 1.36 bits per heavy atom. The SMILES string of the molecule is O=c1cc(-c2ccc(O[C@H]3O[C@@H](CO)[C@H](O)[C@@H](O)[C@@H]3O)c(O)c2)oc2cc(O)c([C@@H]3O[C@H](CO)[C@@H](O)[C@H](O)[C@H]3O)cc12. The second-order valence-corrected chi connectivity index (χ2v) is 10.1. The van der Waals surface area contributed by atoms with Gasteiger partial charge in [0.05, 0.1) is 18.6 Å². The summed E-state index contributed by atoms with van der Waals surface area (Å²) in [5.74, 6) is -1.18. The molecular formula is C27H30O15. The van der Waals surface area contributed by atoms with Crippen molar-refractivity contribution < 1.29 is 69.7 Å². The number of hydrogen-bond acceptors (Lipinski definition) is 15. The van der Waals surface area contributed by atoms with Crippen LogP contribution in [0.3, 0.4) is 0 Å². The van der Waals surface area contributed by atoms with Gasteiger partial charge in [0.15, 0.2) is 16.9 Å². The molecule has 0 radical (unpaired) electrons. The van der Waals surface area contributed by atoms with Crippen LogP contribution in [0.15, 0.2) is 45.6 Å². The van der Waals surface area contributed by atoms with Crippen LogP contribution < -0.4 is 10.2 Å². The Balaban J connectivity index is 1.42. The Hall–Kier alpha value is -3.35. The van der Waals surface area contributed by atoms with Crippen molar-refractivity contribution in [1.29, 1.82) is 0 Å². The van der Waals surface area contributed by atoms with Gasteiger partial charge >= 0.3 is 0 Å². The molecule has 228 valence electrons. The highest BCUT2D eigenvalue weighted by Gasteiger charge is 2.46. The van der Waals surface area contributed by atoms with Crippen molar-refractivity contribution in [2.75, 3.05) is 13.2 Å². The fourth-order valence-corrected chi connectivity index (χ4v) is 5.00. The van der Waals surface area contributed by atoms with E-state index in [1.165, 1.54) is 24.3 Å². The first-order valence-corrected chi connectivity index (χ1v) is 12.9. The lowest BCUT2D eigenvalue weighted by Crippen LogP contribution is -2.60. The summed E-state index contributed by atoms with van der Waals surface area (Å²) in [4.78, 5) is 13.0. The maximum Gasteiger partial charge on any atom is 0.229 e. The standard InChI is InChI=1S/C27H30O15/c28-7-18-20(33)22(35)24(37)26(40-18)11-4-10-12(30)5-16(39-17(10)6-13(11)31)9-1-2-15(14(32)3-9)41-27-25(38)23(36)21(34)19(8-29)42-27/h1-6,18-29,31-38H,7-8H2/t18-,19+,20-,21+,22+,23-,24-,25+,26+,27+/m1/s1. The third-order valence-corrected chi connectivity index (χ3v) is 7.41. The smallest absolute Gasteiger partial charge is 0.229 e. The van der Waals surface area contributed by atoms with Crippen LogP contribution in [0.25, 0.3) is 22.3 Å². The van der Waals surface area contributed by atoms with E-state index in [1.54, 1.807) is 0 Å². The first-order valence-electron chi connectivity index (χ1n) is 12.9. The Bertz CT molecular complexity index is 1490. The van der Waals surface area contributed by atoms with Crippen LogP contribution >= 0.6 is 0 Å². The number of ether oxygens (including phenoxy) is 3. The van der Waals surface area contributed by atoms with Gasteiger partial charge < -0.3 is 69.7 Å². The Morgan fingerprint density at radius 1 is 0.714 bits per heavy atom. The summed E-state index contributed by atoms with van der Waals surface area (Å²) < 4.78 is 22.0. The van der Waals surface area contributed by atoms with Crippen molar-refractivity contribution in [2.24, 2.45) is 0 Å². The summed E-state index contributed by atoms with van der Waals surface area (Å²) in [5, 5.41) is 101.